The molecule has 19 heavy (non-hydrogen) atoms. The second kappa shape index (κ2) is 5.17. The molecule has 9 heteroatoms. The molecule has 0 heterocycles. The Morgan fingerprint density at radius 1 is 1.26 bits per heavy atom. The Bertz CT molecular complexity index is 567. The van der Waals surface area contributed by atoms with Crippen LogP contribution in [-0.4, -0.2) is 27.0 Å². The minimum absolute atomic E-state index is 0.0581. The minimum atomic E-state index is -4.99. The first kappa shape index (κ1) is 15.4. The number of sulfonamides is 1. The average Bonchev–Trinajstić information content (AvgIpc) is 2.28. The van der Waals surface area contributed by atoms with Gasteiger partial charge in [0.05, 0.1) is 4.90 Å². The molecule has 0 saturated carbocycles. The molecular formula is C10H11F3N2O3S. The van der Waals surface area contributed by atoms with Crippen molar-refractivity contribution in [2.75, 3.05) is 11.4 Å². The van der Waals surface area contributed by atoms with Crippen molar-refractivity contribution >= 4 is 21.6 Å². The molecule has 0 radical (unpaired) electrons. The lowest BCUT2D eigenvalue weighted by molar-refractivity contribution is -0.170. The van der Waals surface area contributed by atoms with E-state index in [1.807, 2.05) is 0 Å². The van der Waals surface area contributed by atoms with E-state index in [2.05, 4.69) is 0 Å². The molecule has 1 aromatic rings. The van der Waals surface area contributed by atoms with Crippen molar-refractivity contribution in [1.29, 1.82) is 0 Å². The summed E-state index contributed by atoms with van der Waals surface area (Å²) in [6.07, 6.45) is -4.99. The summed E-state index contributed by atoms with van der Waals surface area (Å²) >= 11 is 0. The fourth-order valence-electron chi connectivity index (χ4n) is 1.41. The smallest absolute Gasteiger partial charge is 0.305 e. The lowest BCUT2D eigenvalue weighted by Gasteiger charge is -2.22. The molecule has 0 aliphatic carbocycles. The number of carbonyl (C=O) groups excluding carboxylic acids is 1. The van der Waals surface area contributed by atoms with Crippen LogP contribution in [0.4, 0.5) is 18.9 Å². The third-order valence-electron chi connectivity index (χ3n) is 2.28. The topological polar surface area (TPSA) is 80.5 Å². The van der Waals surface area contributed by atoms with Gasteiger partial charge in [-0.25, -0.2) is 13.6 Å². The van der Waals surface area contributed by atoms with Crippen LogP contribution in [0.25, 0.3) is 0 Å². The second-order valence-corrected chi connectivity index (χ2v) is 5.15. The molecule has 1 rings (SSSR count). The molecule has 1 amide bonds. The lowest BCUT2D eigenvalue weighted by atomic mass is 10.3. The molecule has 0 spiro atoms. The van der Waals surface area contributed by atoms with Crippen LogP contribution < -0.4 is 10.0 Å². The molecule has 0 aliphatic heterocycles. The molecule has 0 aromatic heterocycles. The molecule has 106 valence electrons. The molecule has 0 aliphatic rings. The number of anilines is 1. The van der Waals surface area contributed by atoms with Gasteiger partial charge in [0.2, 0.25) is 10.0 Å². The molecule has 5 nitrogen and oxygen atoms in total. The highest BCUT2D eigenvalue weighted by molar-refractivity contribution is 7.89. The van der Waals surface area contributed by atoms with E-state index in [0.29, 0.717) is 4.90 Å². The Morgan fingerprint density at radius 3 is 2.05 bits per heavy atom. The Balaban J connectivity index is 3.12. The van der Waals surface area contributed by atoms with Crippen molar-refractivity contribution in [2.24, 2.45) is 5.14 Å². The fourth-order valence-corrected chi connectivity index (χ4v) is 1.93. The SMILES string of the molecule is CCN(C(=O)C(F)(F)F)c1ccc(S(N)(=O)=O)cc1. The van der Waals surface area contributed by atoms with Crippen LogP contribution in [0, 0.1) is 0 Å². The fraction of sp³-hybridized carbons (Fsp3) is 0.300. The van der Waals surface area contributed by atoms with Gasteiger partial charge in [-0.05, 0) is 31.2 Å². The number of primary sulfonamides is 1. The first-order valence-electron chi connectivity index (χ1n) is 5.09. The van der Waals surface area contributed by atoms with E-state index in [1.54, 1.807) is 0 Å². The van der Waals surface area contributed by atoms with Crippen molar-refractivity contribution in [3.63, 3.8) is 0 Å². The molecule has 0 unspecified atom stereocenters. The van der Waals surface area contributed by atoms with Gasteiger partial charge >= 0.3 is 12.1 Å². The van der Waals surface area contributed by atoms with Crippen LogP contribution in [0.1, 0.15) is 6.92 Å². The van der Waals surface area contributed by atoms with Gasteiger partial charge in [0.25, 0.3) is 0 Å². The van der Waals surface area contributed by atoms with Crippen molar-refractivity contribution < 1.29 is 26.4 Å². The number of hydrogen-bond donors (Lipinski definition) is 1. The summed E-state index contributed by atoms with van der Waals surface area (Å²) in [6, 6.07) is 4.26. The quantitative estimate of drug-likeness (QED) is 0.911. The number of benzene rings is 1. The highest BCUT2D eigenvalue weighted by atomic mass is 32.2. The van der Waals surface area contributed by atoms with Crippen molar-refractivity contribution in [3.8, 4) is 0 Å². The third kappa shape index (κ3) is 3.67. The maximum Gasteiger partial charge on any atom is 0.471 e. The van der Waals surface area contributed by atoms with Crippen LogP contribution in [0.15, 0.2) is 29.2 Å². The lowest BCUT2D eigenvalue weighted by Crippen LogP contribution is -2.41. The van der Waals surface area contributed by atoms with E-state index in [4.69, 9.17) is 5.14 Å². The summed E-state index contributed by atoms with van der Waals surface area (Å²) in [6.45, 7) is 1.17. The molecule has 0 saturated heterocycles. The highest BCUT2D eigenvalue weighted by Gasteiger charge is 2.42. The van der Waals surface area contributed by atoms with Crippen LogP contribution >= 0.6 is 0 Å². The largest absolute Gasteiger partial charge is 0.471 e. The van der Waals surface area contributed by atoms with Crippen LogP contribution in [0.5, 0.6) is 0 Å². The van der Waals surface area contributed by atoms with Gasteiger partial charge in [-0.2, -0.15) is 13.2 Å². The minimum Gasteiger partial charge on any atom is -0.305 e. The predicted octanol–water partition coefficient (Wildman–Crippen LogP) is 1.25. The van der Waals surface area contributed by atoms with Gasteiger partial charge in [0.1, 0.15) is 0 Å². The molecule has 0 fully saturated rings. The Labute approximate surface area is 107 Å². The summed E-state index contributed by atoms with van der Waals surface area (Å²) in [5.41, 5.74) is -0.0581. The zero-order chi connectivity index (χ0) is 14.8. The summed E-state index contributed by atoms with van der Waals surface area (Å²) in [5, 5.41) is 4.86. The van der Waals surface area contributed by atoms with Crippen LogP contribution in [-0.2, 0) is 14.8 Å². The maximum absolute atomic E-state index is 12.3. The monoisotopic (exact) mass is 296 g/mol. The molecule has 0 atom stereocenters. The zero-order valence-corrected chi connectivity index (χ0v) is 10.6. The predicted molar refractivity (Wildman–Crippen MR) is 61.9 cm³/mol. The molecular weight excluding hydrogens is 285 g/mol. The van der Waals surface area contributed by atoms with Crippen molar-refractivity contribution in [2.45, 2.75) is 18.0 Å². The number of carbonyl (C=O) groups is 1. The van der Waals surface area contributed by atoms with Crippen molar-refractivity contribution in [3.05, 3.63) is 24.3 Å². The van der Waals surface area contributed by atoms with Crippen LogP contribution in [0.3, 0.4) is 0 Å². The number of alkyl halides is 3. The zero-order valence-electron chi connectivity index (χ0n) is 9.81. The molecule has 1 aromatic carbocycles. The van der Waals surface area contributed by atoms with Crippen molar-refractivity contribution in [1.82, 2.24) is 0 Å². The molecule has 2 N–H and O–H groups in total. The maximum atomic E-state index is 12.3. The summed E-state index contributed by atoms with van der Waals surface area (Å²) in [4.78, 5) is 11.4. The average molecular weight is 296 g/mol. The Morgan fingerprint density at radius 2 is 1.74 bits per heavy atom. The van der Waals surface area contributed by atoms with E-state index < -0.39 is 22.1 Å². The highest BCUT2D eigenvalue weighted by Crippen LogP contribution is 2.24. The number of nitrogens with two attached hydrogens (primary N) is 1. The van der Waals surface area contributed by atoms with E-state index in [-0.39, 0.29) is 17.1 Å². The van der Waals surface area contributed by atoms with Crippen LogP contribution in [0.2, 0.25) is 0 Å². The van der Waals surface area contributed by atoms with Gasteiger partial charge in [0.15, 0.2) is 0 Å². The normalized spacial score (nSPS) is 12.3. The number of nitrogens with zero attached hydrogens (tertiary/aromatic N) is 1. The van der Waals surface area contributed by atoms with Gasteiger partial charge in [0, 0.05) is 12.2 Å². The van der Waals surface area contributed by atoms with E-state index in [9.17, 15) is 26.4 Å². The second-order valence-electron chi connectivity index (χ2n) is 3.59. The number of rotatable bonds is 3. The Hall–Kier alpha value is -1.61. The number of hydrogen-bond acceptors (Lipinski definition) is 3. The standard InChI is InChI=1S/C10H11F3N2O3S/c1-2-15(9(16)10(11,12)13)7-3-5-8(6-4-7)19(14,17)18/h3-6H,2H2,1H3,(H2,14,17,18). The van der Waals surface area contributed by atoms with Gasteiger partial charge in [-0.3, -0.25) is 4.79 Å². The number of amides is 1. The first-order valence-corrected chi connectivity index (χ1v) is 6.63. The Kier molecular flexibility index (Phi) is 4.21. The summed E-state index contributed by atoms with van der Waals surface area (Å²) in [7, 11) is -3.93. The summed E-state index contributed by atoms with van der Waals surface area (Å²) < 4.78 is 59.0. The number of halogens is 3. The van der Waals surface area contributed by atoms with Gasteiger partial charge < -0.3 is 4.90 Å². The van der Waals surface area contributed by atoms with Gasteiger partial charge in [-0.1, -0.05) is 0 Å². The van der Waals surface area contributed by atoms with Gasteiger partial charge in [-0.15, -0.1) is 0 Å². The van der Waals surface area contributed by atoms with E-state index in [1.165, 1.54) is 6.92 Å². The third-order valence-corrected chi connectivity index (χ3v) is 3.21. The van der Waals surface area contributed by atoms with E-state index in [0.717, 1.165) is 24.3 Å². The first-order chi connectivity index (χ1) is 8.57. The summed E-state index contributed by atoms with van der Waals surface area (Å²) in [5.74, 6) is -2.02. The molecule has 0 bridgehead atoms. The van der Waals surface area contributed by atoms with E-state index >= 15 is 0 Å².